The number of nitrogens with zero attached hydrogens (tertiary/aromatic N) is 4. The molecule has 0 radical (unpaired) electrons. The summed E-state index contributed by atoms with van der Waals surface area (Å²) in [6.07, 6.45) is 2.62. The molecule has 2 atom stereocenters. The molecule has 0 saturated carbocycles. The van der Waals surface area contributed by atoms with E-state index in [-0.39, 0.29) is 18.1 Å². The summed E-state index contributed by atoms with van der Waals surface area (Å²) in [4.78, 5) is 20.0. The zero-order chi connectivity index (χ0) is 20.0. The van der Waals surface area contributed by atoms with Gasteiger partial charge in [-0.3, -0.25) is 9.69 Å². The number of aliphatic hydroxyl groups excluding tert-OH is 1. The van der Waals surface area contributed by atoms with Gasteiger partial charge in [0, 0.05) is 18.1 Å². The number of rotatable bonds is 4. The second-order valence-electron chi connectivity index (χ2n) is 7.22. The molecule has 1 saturated heterocycles. The average Bonchev–Trinajstić information content (AvgIpc) is 3.44. The van der Waals surface area contributed by atoms with Gasteiger partial charge in [-0.25, -0.2) is 0 Å². The highest BCUT2D eigenvalue weighted by atomic mass is 35.5. The summed E-state index contributed by atoms with van der Waals surface area (Å²) in [5.41, 5.74) is 0.911. The molecular formula is C20H19ClN4O3S. The van der Waals surface area contributed by atoms with Crippen molar-refractivity contribution in [3.8, 4) is 11.6 Å². The fourth-order valence-electron chi connectivity index (χ4n) is 3.94. The lowest BCUT2D eigenvalue weighted by Crippen LogP contribution is -2.44. The van der Waals surface area contributed by atoms with Crippen molar-refractivity contribution in [3.05, 3.63) is 53.2 Å². The Balaban J connectivity index is 1.48. The van der Waals surface area contributed by atoms with Crippen molar-refractivity contribution >= 4 is 29.3 Å². The molecule has 4 heterocycles. The monoisotopic (exact) mass is 430 g/mol. The molecule has 150 valence electrons. The van der Waals surface area contributed by atoms with E-state index in [1.54, 1.807) is 18.4 Å². The van der Waals surface area contributed by atoms with Crippen LogP contribution in [0.2, 0.25) is 5.02 Å². The summed E-state index contributed by atoms with van der Waals surface area (Å²) in [6, 6.07) is 10.9. The van der Waals surface area contributed by atoms with E-state index in [1.807, 2.05) is 24.3 Å². The minimum Gasteiger partial charge on any atom is -0.461 e. The molecule has 0 aliphatic carbocycles. The van der Waals surface area contributed by atoms with Gasteiger partial charge in [0.2, 0.25) is 5.82 Å². The van der Waals surface area contributed by atoms with Crippen LogP contribution in [0.25, 0.3) is 11.6 Å². The molecule has 3 aromatic rings. The predicted octanol–water partition coefficient (Wildman–Crippen LogP) is 3.50. The Kier molecular flexibility index (Phi) is 4.95. The first-order chi connectivity index (χ1) is 14.1. The van der Waals surface area contributed by atoms with E-state index in [0.717, 1.165) is 5.56 Å². The molecule has 0 bridgehead atoms. The minimum atomic E-state index is -0.411. The van der Waals surface area contributed by atoms with Crippen LogP contribution in [0, 0.1) is 0 Å². The Morgan fingerprint density at radius 3 is 2.69 bits per heavy atom. The zero-order valence-electron chi connectivity index (χ0n) is 15.4. The summed E-state index contributed by atoms with van der Waals surface area (Å²) in [5.74, 6) is 0.815. The molecule has 2 aromatic heterocycles. The van der Waals surface area contributed by atoms with Crippen LogP contribution in [0.5, 0.6) is 0 Å². The molecule has 2 aliphatic heterocycles. The van der Waals surface area contributed by atoms with Crippen molar-refractivity contribution in [2.24, 2.45) is 0 Å². The number of furan rings is 1. The van der Waals surface area contributed by atoms with Gasteiger partial charge in [-0.05, 0) is 36.6 Å². The van der Waals surface area contributed by atoms with Crippen molar-refractivity contribution in [1.82, 2.24) is 19.7 Å². The van der Waals surface area contributed by atoms with Crippen molar-refractivity contribution in [2.75, 3.05) is 13.1 Å². The summed E-state index contributed by atoms with van der Waals surface area (Å²) in [7, 11) is 0. The van der Waals surface area contributed by atoms with E-state index in [1.165, 1.54) is 16.4 Å². The molecule has 29 heavy (non-hydrogen) atoms. The molecule has 9 heteroatoms. The number of aliphatic hydroxyl groups is 1. The van der Waals surface area contributed by atoms with Crippen molar-refractivity contribution in [2.45, 2.75) is 35.4 Å². The number of carbonyl (C=O) groups excluding carboxylic acids is 1. The van der Waals surface area contributed by atoms with Gasteiger partial charge < -0.3 is 9.52 Å². The van der Waals surface area contributed by atoms with Gasteiger partial charge in [0.1, 0.15) is 5.25 Å². The second kappa shape index (κ2) is 7.60. The molecule has 2 aliphatic rings. The van der Waals surface area contributed by atoms with E-state index in [2.05, 4.69) is 15.0 Å². The summed E-state index contributed by atoms with van der Waals surface area (Å²) in [5, 5.41) is 15.1. The van der Waals surface area contributed by atoms with E-state index < -0.39 is 5.25 Å². The fourth-order valence-corrected chi connectivity index (χ4v) is 5.43. The maximum absolute atomic E-state index is 13.3. The first kappa shape index (κ1) is 18.9. The molecule has 5 rings (SSSR count). The number of halogens is 1. The lowest BCUT2D eigenvalue weighted by atomic mass is 9.97. The number of carbonyl (C=O) groups is 1. The first-order valence-corrected chi connectivity index (χ1v) is 10.8. The minimum absolute atomic E-state index is 0.119. The zero-order valence-corrected chi connectivity index (χ0v) is 17.0. The Labute approximate surface area is 176 Å². The number of aromatic nitrogens is 3. The van der Waals surface area contributed by atoms with Crippen LogP contribution < -0.4 is 0 Å². The van der Waals surface area contributed by atoms with Crippen molar-refractivity contribution in [1.29, 1.82) is 0 Å². The molecule has 0 spiro atoms. The fraction of sp³-hybridized carbons (Fsp3) is 0.350. The van der Waals surface area contributed by atoms with Crippen LogP contribution in [0.1, 0.15) is 29.2 Å². The second-order valence-corrected chi connectivity index (χ2v) is 8.73. The third-order valence-corrected chi connectivity index (χ3v) is 6.94. The van der Waals surface area contributed by atoms with Crippen LogP contribution in [0.15, 0.2) is 52.2 Å². The summed E-state index contributed by atoms with van der Waals surface area (Å²) in [6.45, 7) is 1.41. The van der Waals surface area contributed by atoms with Crippen molar-refractivity contribution in [3.63, 3.8) is 0 Å². The van der Waals surface area contributed by atoms with Crippen LogP contribution >= 0.6 is 23.4 Å². The van der Waals surface area contributed by atoms with Crippen LogP contribution in [-0.2, 0) is 0 Å². The lowest BCUT2D eigenvalue weighted by Gasteiger charge is -2.38. The highest BCUT2D eigenvalue weighted by Crippen LogP contribution is 2.44. The number of thioether (sulfide) groups is 1. The lowest BCUT2D eigenvalue weighted by molar-refractivity contribution is 0.0552. The molecule has 2 unspecified atom stereocenters. The molecule has 1 N–H and O–H groups in total. The average molecular weight is 431 g/mol. The maximum Gasteiger partial charge on any atom is 0.264 e. The molecule has 0 amide bonds. The van der Waals surface area contributed by atoms with Crippen LogP contribution in [-0.4, -0.2) is 55.1 Å². The number of hydrogen-bond donors (Lipinski definition) is 1. The van der Waals surface area contributed by atoms with E-state index in [9.17, 15) is 9.90 Å². The highest BCUT2D eigenvalue weighted by molar-refractivity contribution is 8.00. The van der Waals surface area contributed by atoms with Crippen LogP contribution in [0.3, 0.4) is 0 Å². The maximum atomic E-state index is 13.3. The van der Waals surface area contributed by atoms with Gasteiger partial charge in [-0.15, -0.1) is 5.10 Å². The summed E-state index contributed by atoms with van der Waals surface area (Å²) < 4.78 is 6.72. The van der Waals surface area contributed by atoms with Gasteiger partial charge in [0.15, 0.2) is 10.9 Å². The van der Waals surface area contributed by atoms with Gasteiger partial charge in [0.05, 0.1) is 18.4 Å². The normalized spacial score (nSPS) is 21.4. The smallest absolute Gasteiger partial charge is 0.264 e. The van der Waals surface area contributed by atoms with E-state index >= 15 is 0 Å². The number of piperidine rings is 1. The molecule has 1 aromatic carbocycles. The van der Waals surface area contributed by atoms with Gasteiger partial charge in [-0.2, -0.15) is 9.67 Å². The largest absolute Gasteiger partial charge is 0.461 e. The third kappa shape index (κ3) is 3.40. The SMILES string of the molecule is O=C1C(C(c2ccccc2Cl)N2CCC(O)CC2)Sc2nc(-c3ccco3)nn21. The van der Waals surface area contributed by atoms with Crippen LogP contribution in [0.4, 0.5) is 0 Å². The number of hydrogen-bond acceptors (Lipinski definition) is 7. The first-order valence-electron chi connectivity index (χ1n) is 9.50. The topological polar surface area (TPSA) is 84.4 Å². The Hall–Kier alpha value is -2.13. The number of fused-ring (bicyclic) bond motifs is 1. The Bertz CT molecular complexity index is 1030. The van der Waals surface area contributed by atoms with E-state index in [0.29, 0.717) is 47.7 Å². The molecule has 7 nitrogen and oxygen atoms in total. The van der Waals surface area contributed by atoms with Crippen molar-refractivity contribution < 1.29 is 14.3 Å². The van der Waals surface area contributed by atoms with Gasteiger partial charge >= 0.3 is 0 Å². The highest BCUT2D eigenvalue weighted by Gasteiger charge is 2.44. The third-order valence-electron chi connectivity index (χ3n) is 5.41. The number of benzene rings is 1. The van der Waals surface area contributed by atoms with Gasteiger partial charge in [-0.1, -0.05) is 41.6 Å². The van der Waals surface area contributed by atoms with Gasteiger partial charge in [0.25, 0.3) is 5.91 Å². The Morgan fingerprint density at radius 1 is 1.21 bits per heavy atom. The standard InChI is InChI=1S/C20H19ClN4O3S/c21-14-5-2-1-4-13(14)16(24-9-7-12(26)8-10-24)17-19(27)25-20(29-17)22-18(23-25)15-6-3-11-28-15/h1-6,11-12,16-17,26H,7-10H2. The number of likely N-dealkylation sites (tertiary alicyclic amines) is 1. The molecular weight excluding hydrogens is 412 g/mol. The predicted molar refractivity (Wildman–Crippen MR) is 109 cm³/mol. The quantitative estimate of drug-likeness (QED) is 0.678. The summed E-state index contributed by atoms with van der Waals surface area (Å²) >= 11 is 7.93. The Morgan fingerprint density at radius 2 is 2.00 bits per heavy atom. The van der Waals surface area contributed by atoms with E-state index in [4.69, 9.17) is 16.0 Å². The molecule has 1 fully saturated rings.